The number of halogens is 2. The number of nitrogens with zero attached hydrogens (tertiary/aromatic N) is 1. The highest BCUT2D eigenvalue weighted by Crippen LogP contribution is 2.32. The van der Waals surface area contributed by atoms with Crippen LogP contribution in [0, 0.1) is 6.92 Å². The Kier molecular flexibility index (Phi) is 6.95. The fraction of sp³-hybridized carbons (Fsp3) is 0.667. The third-order valence-electron chi connectivity index (χ3n) is 3.31. The summed E-state index contributed by atoms with van der Waals surface area (Å²) in [4.78, 5) is 1.30. The summed E-state index contributed by atoms with van der Waals surface area (Å²) >= 11 is 4.84. The van der Waals surface area contributed by atoms with E-state index >= 15 is 0 Å². The third kappa shape index (κ3) is 3.75. The predicted octanol–water partition coefficient (Wildman–Crippen LogP) is 3.00. The van der Waals surface area contributed by atoms with Gasteiger partial charge in [-0.2, -0.15) is 4.31 Å². The minimum atomic E-state index is -3.38. The molecule has 20 heavy (non-hydrogen) atoms. The van der Waals surface area contributed by atoms with E-state index in [9.17, 15) is 8.42 Å². The van der Waals surface area contributed by atoms with Gasteiger partial charge in [0.15, 0.2) is 0 Å². The lowest BCUT2D eigenvalue weighted by molar-refractivity contribution is 0.335. The van der Waals surface area contributed by atoms with Crippen molar-refractivity contribution in [3.05, 3.63) is 14.7 Å². The first-order valence-electron chi connectivity index (χ1n) is 6.45. The summed E-state index contributed by atoms with van der Waals surface area (Å²) in [6, 6.07) is 1.81. The Balaban J connectivity index is 0.00000200. The van der Waals surface area contributed by atoms with Crippen LogP contribution in [0.1, 0.15) is 24.6 Å². The monoisotopic (exact) mass is 402 g/mol. The number of sulfonamides is 1. The van der Waals surface area contributed by atoms with Gasteiger partial charge in [-0.15, -0.1) is 23.7 Å². The average Bonchev–Trinajstić information content (AvgIpc) is 2.95. The molecule has 0 spiro atoms. The molecule has 1 unspecified atom stereocenters. The van der Waals surface area contributed by atoms with E-state index in [2.05, 4.69) is 21.2 Å². The predicted molar refractivity (Wildman–Crippen MR) is 89.5 cm³/mol. The molecule has 1 fully saturated rings. The van der Waals surface area contributed by atoms with Gasteiger partial charge in [0, 0.05) is 24.0 Å². The smallest absolute Gasteiger partial charge is 0.244 e. The first-order chi connectivity index (χ1) is 8.96. The van der Waals surface area contributed by atoms with Crippen molar-refractivity contribution in [1.29, 1.82) is 0 Å². The van der Waals surface area contributed by atoms with Crippen LogP contribution in [-0.4, -0.2) is 38.4 Å². The standard InChI is InChI=1S/C12H19BrN2O2S2.ClH/c1-3-6-15(10-4-5-14-8-10)19(16,17)11-7-12(13)18-9(11)2;/h7,10,14H,3-6,8H2,1-2H3;1H. The Morgan fingerprint density at radius 2 is 2.25 bits per heavy atom. The second kappa shape index (κ2) is 7.56. The lowest BCUT2D eigenvalue weighted by atomic mass is 10.2. The van der Waals surface area contributed by atoms with Crippen LogP contribution in [-0.2, 0) is 10.0 Å². The highest BCUT2D eigenvalue weighted by Gasteiger charge is 2.34. The average molecular weight is 404 g/mol. The van der Waals surface area contributed by atoms with Crippen LogP contribution in [0.3, 0.4) is 0 Å². The van der Waals surface area contributed by atoms with Crippen molar-refractivity contribution < 1.29 is 8.42 Å². The van der Waals surface area contributed by atoms with Gasteiger partial charge in [0.2, 0.25) is 10.0 Å². The minimum Gasteiger partial charge on any atom is -0.315 e. The lowest BCUT2D eigenvalue weighted by Gasteiger charge is -2.27. The van der Waals surface area contributed by atoms with Gasteiger partial charge in [-0.05, 0) is 48.3 Å². The van der Waals surface area contributed by atoms with E-state index in [0.29, 0.717) is 11.4 Å². The van der Waals surface area contributed by atoms with Crippen molar-refractivity contribution in [1.82, 2.24) is 9.62 Å². The number of hydrogen-bond acceptors (Lipinski definition) is 4. The molecule has 0 bridgehead atoms. The van der Waals surface area contributed by atoms with E-state index < -0.39 is 10.0 Å². The van der Waals surface area contributed by atoms with Gasteiger partial charge in [-0.1, -0.05) is 6.92 Å². The van der Waals surface area contributed by atoms with Gasteiger partial charge in [0.1, 0.15) is 0 Å². The van der Waals surface area contributed by atoms with E-state index in [4.69, 9.17) is 0 Å². The topological polar surface area (TPSA) is 49.4 Å². The van der Waals surface area contributed by atoms with Gasteiger partial charge in [0.05, 0.1) is 8.68 Å². The van der Waals surface area contributed by atoms with E-state index in [-0.39, 0.29) is 18.4 Å². The van der Waals surface area contributed by atoms with Crippen LogP contribution in [0.2, 0.25) is 0 Å². The fourth-order valence-electron chi connectivity index (χ4n) is 2.42. The minimum absolute atomic E-state index is 0. The Morgan fingerprint density at radius 1 is 1.55 bits per heavy atom. The van der Waals surface area contributed by atoms with Crippen molar-refractivity contribution in [2.24, 2.45) is 0 Å². The quantitative estimate of drug-likeness (QED) is 0.822. The maximum Gasteiger partial charge on any atom is 0.244 e. The van der Waals surface area contributed by atoms with Crippen LogP contribution in [0.4, 0.5) is 0 Å². The maximum absolute atomic E-state index is 12.8. The lowest BCUT2D eigenvalue weighted by Crippen LogP contribution is -2.42. The molecule has 0 radical (unpaired) electrons. The first kappa shape index (κ1) is 18.4. The summed E-state index contributed by atoms with van der Waals surface area (Å²) in [7, 11) is -3.38. The number of nitrogens with one attached hydrogen (secondary N) is 1. The van der Waals surface area contributed by atoms with Gasteiger partial charge >= 0.3 is 0 Å². The number of aryl methyl sites for hydroxylation is 1. The summed E-state index contributed by atoms with van der Waals surface area (Å²) in [5.74, 6) is 0. The molecule has 4 nitrogen and oxygen atoms in total. The summed E-state index contributed by atoms with van der Waals surface area (Å²) in [6.07, 6.45) is 1.73. The second-order valence-corrected chi connectivity index (χ2v) is 9.23. The highest BCUT2D eigenvalue weighted by atomic mass is 79.9. The largest absolute Gasteiger partial charge is 0.315 e. The molecule has 1 aliphatic rings. The van der Waals surface area contributed by atoms with Crippen molar-refractivity contribution in [3.63, 3.8) is 0 Å². The first-order valence-corrected chi connectivity index (χ1v) is 9.50. The van der Waals surface area contributed by atoms with Gasteiger partial charge in [-0.25, -0.2) is 8.42 Å². The van der Waals surface area contributed by atoms with E-state index in [0.717, 1.165) is 34.6 Å². The molecule has 116 valence electrons. The Labute approximate surface area is 139 Å². The molecule has 8 heteroatoms. The maximum atomic E-state index is 12.8. The molecule has 0 saturated carbocycles. The van der Waals surface area contributed by atoms with Crippen molar-refractivity contribution >= 4 is 49.7 Å². The molecule has 1 saturated heterocycles. The number of thiophene rings is 1. The normalized spacial score (nSPS) is 19.3. The zero-order valence-electron chi connectivity index (χ0n) is 11.6. The number of hydrogen-bond donors (Lipinski definition) is 1. The Morgan fingerprint density at radius 3 is 2.70 bits per heavy atom. The van der Waals surface area contributed by atoms with Crippen LogP contribution in [0.15, 0.2) is 14.7 Å². The summed E-state index contributed by atoms with van der Waals surface area (Å²) in [6.45, 7) is 6.11. The molecular formula is C12H20BrClN2O2S2. The summed E-state index contributed by atoms with van der Waals surface area (Å²) in [5.41, 5.74) is 0. The van der Waals surface area contributed by atoms with Crippen LogP contribution in [0.5, 0.6) is 0 Å². The summed E-state index contributed by atoms with van der Waals surface area (Å²) in [5, 5.41) is 3.24. The molecular weight excluding hydrogens is 384 g/mol. The van der Waals surface area contributed by atoms with Gasteiger partial charge in [0.25, 0.3) is 0 Å². The van der Waals surface area contributed by atoms with E-state index in [1.807, 2.05) is 13.8 Å². The molecule has 0 amide bonds. The molecule has 2 rings (SSSR count). The molecule has 1 atom stereocenters. The van der Waals surface area contributed by atoms with Crippen molar-refractivity contribution in [3.8, 4) is 0 Å². The Bertz CT molecular complexity index is 542. The Hall–Kier alpha value is 0.340. The molecule has 0 aliphatic carbocycles. The van der Waals surface area contributed by atoms with E-state index in [1.165, 1.54) is 11.3 Å². The van der Waals surface area contributed by atoms with Crippen LogP contribution >= 0.6 is 39.7 Å². The zero-order chi connectivity index (χ0) is 14.0. The molecule has 2 heterocycles. The molecule has 1 aromatic rings. The van der Waals surface area contributed by atoms with Crippen LogP contribution in [0.25, 0.3) is 0 Å². The molecule has 1 aromatic heterocycles. The van der Waals surface area contributed by atoms with Crippen molar-refractivity contribution in [2.45, 2.75) is 37.6 Å². The van der Waals surface area contributed by atoms with E-state index in [1.54, 1.807) is 10.4 Å². The molecule has 1 N–H and O–H groups in total. The van der Waals surface area contributed by atoms with Gasteiger partial charge in [-0.3, -0.25) is 0 Å². The SMILES string of the molecule is CCCN(C1CCNC1)S(=O)(=O)c1cc(Br)sc1C.Cl. The van der Waals surface area contributed by atoms with Crippen molar-refractivity contribution in [2.75, 3.05) is 19.6 Å². The number of rotatable bonds is 5. The van der Waals surface area contributed by atoms with Gasteiger partial charge < -0.3 is 5.32 Å². The zero-order valence-corrected chi connectivity index (χ0v) is 15.6. The third-order valence-corrected chi connectivity index (χ3v) is 7.08. The molecule has 0 aromatic carbocycles. The fourth-order valence-corrected chi connectivity index (χ4v) is 6.55. The van der Waals surface area contributed by atoms with Crippen LogP contribution < -0.4 is 5.32 Å². The molecule has 1 aliphatic heterocycles. The summed E-state index contributed by atoms with van der Waals surface area (Å²) < 4.78 is 28.2. The highest BCUT2D eigenvalue weighted by molar-refractivity contribution is 9.11. The second-order valence-electron chi connectivity index (χ2n) is 4.73.